The number of hydrogen-bond acceptors (Lipinski definition) is 4. The quantitative estimate of drug-likeness (QED) is 0.754. The monoisotopic (exact) mass is 298 g/mol. The molecule has 1 aromatic carbocycles. The van der Waals surface area contributed by atoms with Gasteiger partial charge in [0, 0.05) is 20.1 Å². The summed E-state index contributed by atoms with van der Waals surface area (Å²) in [6.07, 6.45) is 0.752. The van der Waals surface area contributed by atoms with Crippen LogP contribution in [0.15, 0.2) is 24.3 Å². The molecule has 0 atom stereocenters. The fraction of sp³-hybridized carbons (Fsp3) is 0.462. The summed E-state index contributed by atoms with van der Waals surface area (Å²) in [5.41, 5.74) is 1.75. The van der Waals surface area contributed by atoms with Gasteiger partial charge in [0.2, 0.25) is 0 Å². The first-order valence-corrected chi connectivity index (χ1v) is 7.75. The van der Waals surface area contributed by atoms with E-state index in [0.29, 0.717) is 13.0 Å². The van der Waals surface area contributed by atoms with Crippen molar-refractivity contribution >= 4 is 21.9 Å². The van der Waals surface area contributed by atoms with E-state index in [1.807, 2.05) is 18.2 Å². The smallest absolute Gasteiger partial charge is 0.306 e. The summed E-state index contributed by atoms with van der Waals surface area (Å²) in [7, 11) is -0.840. The van der Waals surface area contributed by atoms with E-state index in [2.05, 4.69) is 4.74 Å². The molecule has 0 spiro atoms. The van der Waals surface area contributed by atoms with Gasteiger partial charge in [-0.15, -0.1) is 0 Å². The van der Waals surface area contributed by atoms with E-state index >= 15 is 0 Å². The zero-order chi connectivity index (χ0) is 14.8. The van der Waals surface area contributed by atoms with Gasteiger partial charge >= 0.3 is 16.2 Å². The molecule has 1 heterocycles. The van der Waals surface area contributed by atoms with Crippen LogP contribution in [0.4, 0.5) is 5.69 Å². The topological polar surface area (TPSA) is 66.9 Å². The molecule has 20 heavy (non-hydrogen) atoms. The molecule has 6 nitrogen and oxygen atoms in total. The number of hydrogen-bond donors (Lipinski definition) is 0. The molecule has 110 valence electrons. The average Bonchev–Trinajstić information content (AvgIpc) is 2.88. The fourth-order valence-electron chi connectivity index (χ4n) is 2.18. The minimum atomic E-state index is -3.60. The molecule has 0 fully saturated rings. The van der Waals surface area contributed by atoms with Crippen molar-refractivity contribution in [3.63, 3.8) is 0 Å². The molecule has 0 unspecified atom stereocenters. The number of methoxy groups -OCH3 is 1. The van der Waals surface area contributed by atoms with Crippen LogP contribution in [0.3, 0.4) is 0 Å². The summed E-state index contributed by atoms with van der Waals surface area (Å²) >= 11 is 0. The van der Waals surface area contributed by atoms with Crippen LogP contribution in [-0.4, -0.2) is 45.9 Å². The van der Waals surface area contributed by atoms with Crippen LogP contribution >= 0.6 is 0 Å². The maximum absolute atomic E-state index is 12.5. The van der Waals surface area contributed by atoms with Gasteiger partial charge in [-0.2, -0.15) is 12.7 Å². The van der Waals surface area contributed by atoms with E-state index in [1.165, 1.54) is 22.8 Å². The van der Waals surface area contributed by atoms with E-state index in [9.17, 15) is 13.2 Å². The number of nitrogens with zero attached hydrogens (tertiary/aromatic N) is 2. The van der Waals surface area contributed by atoms with E-state index in [0.717, 1.165) is 11.3 Å². The maximum Gasteiger partial charge on any atom is 0.306 e. The molecule has 7 heteroatoms. The lowest BCUT2D eigenvalue weighted by Crippen LogP contribution is -2.42. The van der Waals surface area contributed by atoms with Gasteiger partial charge in [-0.1, -0.05) is 18.2 Å². The van der Waals surface area contributed by atoms with Crippen molar-refractivity contribution in [2.45, 2.75) is 12.8 Å². The Morgan fingerprint density at radius 2 is 2.10 bits per heavy atom. The third kappa shape index (κ3) is 2.78. The first kappa shape index (κ1) is 14.8. The Balaban J connectivity index is 2.13. The van der Waals surface area contributed by atoms with Gasteiger partial charge in [0.1, 0.15) is 0 Å². The van der Waals surface area contributed by atoms with Gasteiger partial charge in [0.05, 0.1) is 19.2 Å². The molecule has 0 aliphatic carbocycles. The molecule has 0 N–H and O–H groups in total. The molecule has 0 bridgehead atoms. The summed E-state index contributed by atoms with van der Waals surface area (Å²) in [5.74, 6) is -0.422. The summed E-state index contributed by atoms with van der Waals surface area (Å²) in [4.78, 5) is 11.1. The third-order valence-electron chi connectivity index (χ3n) is 3.38. The maximum atomic E-state index is 12.5. The molecule has 1 aromatic rings. The van der Waals surface area contributed by atoms with Crippen LogP contribution in [0.1, 0.15) is 12.0 Å². The van der Waals surface area contributed by atoms with Crippen molar-refractivity contribution in [1.29, 1.82) is 0 Å². The Hall–Kier alpha value is -1.60. The second kappa shape index (κ2) is 5.80. The van der Waals surface area contributed by atoms with Gasteiger partial charge < -0.3 is 4.74 Å². The van der Waals surface area contributed by atoms with E-state index in [1.54, 1.807) is 6.07 Å². The number of carbonyl (C=O) groups is 1. The largest absolute Gasteiger partial charge is 0.469 e. The first-order valence-electron chi connectivity index (χ1n) is 6.35. The van der Waals surface area contributed by atoms with Gasteiger partial charge in [0.15, 0.2) is 0 Å². The highest BCUT2D eigenvalue weighted by Crippen LogP contribution is 2.30. The van der Waals surface area contributed by atoms with Gasteiger partial charge in [-0.25, -0.2) is 0 Å². The Labute approximate surface area is 119 Å². The first-order chi connectivity index (χ1) is 9.46. The van der Waals surface area contributed by atoms with Crippen LogP contribution in [0.5, 0.6) is 0 Å². The normalized spacial score (nSPS) is 14.4. The highest BCUT2D eigenvalue weighted by molar-refractivity contribution is 7.90. The van der Waals surface area contributed by atoms with Crippen LogP contribution in [-0.2, 0) is 26.2 Å². The zero-order valence-electron chi connectivity index (χ0n) is 11.6. The van der Waals surface area contributed by atoms with Gasteiger partial charge in [-0.3, -0.25) is 9.10 Å². The van der Waals surface area contributed by atoms with Crippen molar-refractivity contribution in [3.05, 3.63) is 29.8 Å². The Kier molecular flexibility index (Phi) is 4.29. The lowest BCUT2D eigenvalue weighted by atomic mass is 10.2. The summed E-state index contributed by atoms with van der Waals surface area (Å²) in [6.45, 7) is 0.540. The highest BCUT2D eigenvalue weighted by Gasteiger charge is 2.32. The molecule has 1 aliphatic rings. The Bertz CT molecular complexity index is 600. The molecule has 0 radical (unpaired) electrons. The minimum Gasteiger partial charge on any atom is -0.469 e. The lowest BCUT2D eigenvalue weighted by Gasteiger charge is -2.25. The Morgan fingerprint density at radius 3 is 2.80 bits per heavy atom. The molecular formula is C13H18N2O4S. The summed E-state index contributed by atoms with van der Waals surface area (Å²) in [6, 6.07) is 7.45. The van der Waals surface area contributed by atoms with Gasteiger partial charge in [-0.05, 0) is 18.1 Å². The van der Waals surface area contributed by atoms with Crippen LogP contribution in [0.25, 0.3) is 0 Å². The second-order valence-electron chi connectivity index (χ2n) is 4.61. The van der Waals surface area contributed by atoms with Crippen molar-refractivity contribution < 1.29 is 17.9 Å². The predicted octanol–water partition coefficient (Wildman–Crippen LogP) is 0.789. The Morgan fingerprint density at radius 1 is 1.40 bits per heavy atom. The molecule has 0 saturated heterocycles. The van der Waals surface area contributed by atoms with Crippen LogP contribution in [0, 0.1) is 0 Å². The summed E-state index contributed by atoms with van der Waals surface area (Å²) in [5, 5.41) is 0. The zero-order valence-corrected chi connectivity index (χ0v) is 12.4. The van der Waals surface area contributed by atoms with Crippen molar-refractivity contribution in [3.8, 4) is 0 Å². The van der Waals surface area contributed by atoms with E-state index in [-0.39, 0.29) is 13.0 Å². The number of fused-ring (bicyclic) bond motifs is 1. The summed E-state index contributed by atoms with van der Waals surface area (Å²) < 4.78 is 32.1. The second-order valence-corrected chi connectivity index (χ2v) is 6.57. The highest BCUT2D eigenvalue weighted by atomic mass is 32.2. The fourth-order valence-corrected chi connectivity index (χ4v) is 3.59. The molecular weight excluding hydrogens is 280 g/mol. The van der Waals surface area contributed by atoms with Crippen LogP contribution in [0.2, 0.25) is 0 Å². The van der Waals surface area contributed by atoms with E-state index < -0.39 is 16.2 Å². The molecule has 2 rings (SSSR count). The molecule has 1 aliphatic heterocycles. The number of benzene rings is 1. The van der Waals surface area contributed by atoms with Crippen molar-refractivity contribution in [2.24, 2.45) is 0 Å². The number of ether oxygens (including phenoxy) is 1. The number of carbonyl (C=O) groups excluding carboxylic acids is 1. The number of rotatable bonds is 5. The SMILES string of the molecule is COC(=O)CCN(C)S(=O)(=O)N1CCc2ccccc21. The standard InChI is InChI=1S/C13H18N2O4S/c1-14(9-8-13(16)19-2)20(17,18)15-10-7-11-5-3-4-6-12(11)15/h3-6H,7-10H2,1-2H3. The number of anilines is 1. The third-order valence-corrected chi connectivity index (χ3v) is 5.28. The van der Waals surface area contributed by atoms with Crippen LogP contribution < -0.4 is 4.31 Å². The predicted molar refractivity (Wildman–Crippen MR) is 75.7 cm³/mol. The van der Waals surface area contributed by atoms with Crippen molar-refractivity contribution in [1.82, 2.24) is 4.31 Å². The number of para-hydroxylation sites is 1. The van der Waals surface area contributed by atoms with E-state index in [4.69, 9.17) is 0 Å². The lowest BCUT2D eigenvalue weighted by molar-refractivity contribution is -0.140. The van der Waals surface area contributed by atoms with Gasteiger partial charge in [0.25, 0.3) is 0 Å². The molecule has 0 amide bonds. The number of esters is 1. The molecule has 0 aromatic heterocycles. The van der Waals surface area contributed by atoms with Crippen molar-refractivity contribution in [2.75, 3.05) is 31.6 Å². The minimum absolute atomic E-state index is 0.0434. The average molecular weight is 298 g/mol. The molecule has 0 saturated carbocycles.